The molecule has 0 aromatic heterocycles. The molecular weight excluding hydrogens is 232 g/mol. The Labute approximate surface area is 120 Å². The summed E-state index contributed by atoms with van der Waals surface area (Å²) in [4.78, 5) is 2.45. The predicted octanol–water partition coefficient (Wildman–Crippen LogP) is 3.46. The maximum absolute atomic E-state index is 3.87. The number of rotatable bonds is 8. The zero-order valence-electron chi connectivity index (χ0n) is 13.1. The van der Waals surface area contributed by atoms with Crippen molar-refractivity contribution in [3.63, 3.8) is 0 Å². The number of hydrogen-bond acceptors (Lipinski definition) is 2. The molecule has 1 fully saturated rings. The summed E-state index contributed by atoms with van der Waals surface area (Å²) in [7, 11) is 0. The number of nitrogens with one attached hydrogen (secondary N) is 1. The van der Waals surface area contributed by atoms with E-state index >= 15 is 0 Å². The second-order valence-corrected chi connectivity index (χ2v) is 6.63. The standard InChI is InChI=1S/C17H32N2/c1-6-11-19(12-7-2)14-15-13-17(4,5)10-9-16(15)18-8-3/h6-7,15-16,18H,1-2,8-14H2,3-5H3. The molecule has 0 radical (unpaired) electrons. The summed E-state index contributed by atoms with van der Waals surface area (Å²) in [5.74, 6) is 0.739. The Morgan fingerprint density at radius 2 is 1.89 bits per heavy atom. The van der Waals surface area contributed by atoms with E-state index in [0.29, 0.717) is 11.5 Å². The summed E-state index contributed by atoms with van der Waals surface area (Å²) in [6.07, 6.45) is 7.96. The predicted molar refractivity (Wildman–Crippen MR) is 85.4 cm³/mol. The zero-order chi connectivity index (χ0) is 14.3. The monoisotopic (exact) mass is 264 g/mol. The van der Waals surface area contributed by atoms with Gasteiger partial charge in [-0.2, -0.15) is 0 Å². The van der Waals surface area contributed by atoms with Gasteiger partial charge in [0, 0.05) is 25.7 Å². The molecule has 0 aromatic carbocycles. The first kappa shape index (κ1) is 16.5. The summed E-state index contributed by atoms with van der Waals surface area (Å²) >= 11 is 0. The van der Waals surface area contributed by atoms with E-state index in [9.17, 15) is 0 Å². The molecule has 110 valence electrons. The Hall–Kier alpha value is -0.600. The van der Waals surface area contributed by atoms with Gasteiger partial charge in [-0.1, -0.05) is 32.9 Å². The maximum atomic E-state index is 3.87. The minimum Gasteiger partial charge on any atom is -0.314 e. The molecule has 0 spiro atoms. The fourth-order valence-electron chi connectivity index (χ4n) is 3.38. The van der Waals surface area contributed by atoms with Gasteiger partial charge in [-0.05, 0) is 37.1 Å². The van der Waals surface area contributed by atoms with Gasteiger partial charge in [0.05, 0.1) is 0 Å². The molecule has 0 aliphatic heterocycles. The average molecular weight is 264 g/mol. The third-order valence-electron chi connectivity index (χ3n) is 4.25. The summed E-state index contributed by atoms with van der Waals surface area (Å²) in [6.45, 7) is 18.9. The van der Waals surface area contributed by atoms with Crippen molar-refractivity contribution in [1.82, 2.24) is 10.2 Å². The van der Waals surface area contributed by atoms with Gasteiger partial charge in [0.25, 0.3) is 0 Å². The van der Waals surface area contributed by atoms with Crippen molar-refractivity contribution >= 4 is 0 Å². The van der Waals surface area contributed by atoms with Crippen LogP contribution in [0, 0.1) is 11.3 Å². The molecule has 0 heterocycles. The third kappa shape index (κ3) is 5.50. The van der Waals surface area contributed by atoms with Crippen molar-refractivity contribution in [3.05, 3.63) is 25.3 Å². The van der Waals surface area contributed by atoms with Crippen LogP contribution in [-0.2, 0) is 0 Å². The van der Waals surface area contributed by atoms with Crippen LogP contribution in [0.5, 0.6) is 0 Å². The molecule has 0 aromatic rings. The zero-order valence-corrected chi connectivity index (χ0v) is 13.1. The molecule has 0 bridgehead atoms. The first-order valence-electron chi connectivity index (χ1n) is 7.70. The van der Waals surface area contributed by atoms with Gasteiger partial charge in [0.1, 0.15) is 0 Å². The van der Waals surface area contributed by atoms with Crippen LogP contribution < -0.4 is 5.32 Å². The van der Waals surface area contributed by atoms with E-state index in [0.717, 1.165) is 32.1 Å². The van der Waals surface area contributed by atoms with E-state index in [1.54, 1.807) is 0 Å². The molecule has 1 N–H and O–H groups in total. The van der Waals surface area contributed by atoms with Gasteiger partial charge >= 0.3 is 0 Å². The van der Waals surface area contributed by atoms with Gasteiger partial charge in [-0.25, -0.2) is 0 Å². The normalized spacial score (nSPS) is 26.3. The molecule has 1 saturated carbocycles. The van der Waals surface area contributed by atoms with Gasteiger partial charge in [-0.3, -0.25) is 4.90 Å². The minimum absolute atomic E-state index is 0.491. The Balaban J connectivity index is 2.66. The first-order valence-corrected chi connectivity index (χ1v) is 7.70. The van der Waals surface area contributed by atoms with Crippen molar-refractivity contribution in [2.45, 2.75) is 46.1 Å². The average Bonchev–Trinajstić information content (AvgIpc) is 2.33. The molecule has 0 saturated heterocycles. The highest BCUT2D eigenvalue weighted by Crippen LogP contribution is 2.39. The number of hydrogen-bond donors (Lipinski definition) is 1. The Bertz CT molecular complexity index is 273. The Morgan fingerprint density at radius 3 is 2.42 bits per heavy atom. The lowest BCUT2D eigenvalue weighted by Crippen LogP contribution is -2.47. The minimum atomic E-state index is 0.491. The lowest BCUT2D eigenvalue weighted by molar-refractivity contribution is 0.108. The quantitative estimate of drug-likeness (QED) is 0.675. The van der Waals surface area contributed by atoms with E-state index in [1.807, 2.05) is 12.2 Å². The Kier molecular flexibility index (Phi) is 6.81. The van der Waals surface area contributed by atoms with Crippen molar-refractivity contribution in [2.75, 3.05) is 26.2 Å². The van der Waals surface area contributed by atoms with Crippen LogP contribution in [0.25, 0.3) is 0 Å². The van der Waals surface area contributed by atoms with E-state index < -0.39 is 0 Å². The van der Waals surface area contributed by atoms with Crippen LogP contribution in [0.1, 0.15) is 40.0 Å². The fraction of sp³-hybridized carbons (Fsp3) is 0.765. The molecule has 1 aliphatic rings. The van der Waals surface area contributed by atoms with Crippen LogP contribution in [0.4, 0.5) is 0 Å². The van der Waals surface area contributed by atoms with Gasteiger partial charge in [0.15, 0.2) is 0 Å². The maximum Gasteiger partial charge on any atom is 0.0164 e. The molecule has 2 nitrogen and oxygen atoms in total. The van der Waals surface area contributed by atoms with E-state index in [4.69, 9.17) is 0 Å². The molecule has 2 heteroatoms. The van der Waals surface area contributed by atoms with Crippen molar-refractivity contribution < 1.29 is 0 Å². The molecular formula is C17H32N2. The highest BCUT2D eigenvalue weighted by molar-refractivity contribution is 4.91. The first-order chi connectivity index (χ1) is 9.02. The van der Waals surface area contributed by atoms with Crippen LogP contribution >= 0.6 is 0 Å². The highest BCUT2D eigenvalue weighted by atomic mass is 15.1. The molecule has 2 unspecified atom stereocenters. The SMILES string of the molecule is C=CCN(CC=C)CC1CC(C)(C)CCC1NCC. The van der Waals surface area contributed by atoms with E-state index in [2.05, 4.69) is 44.1 Å². The second-order valence-electron chi connectivity index (χ2n) is 6.63. The summed E-state index contributed by atoms with van der Waals surface area (Å²) < 4.78 is 0. The lowest BCUT2D eigenvalue weighted by atomic mass is 9.69. The van der Waals surface area contributed by atoms with Crippen LogP contribution in [0.15, 0.2) is 25.3 Å². The van der Waals surface area contributed by atoms with Crippen LogP contribution in [-0.4, -0.2) is 37.1 Å². The van der Waals surface area contributed by atoms with E-state index in [1.165, 1.54) is 19.3 Å². The molecule has 19 heavy (non-hydrogen) atoms. The second kappa shape index (κ2) is 7.86. The topological polar surface area (TPSA) is 15.3 Å². The highest BCUT2D eigenvalue weighted by Gasteiger charge is 2.34. The largest absolute Gasteiger partial charge is 0.314 e. The van der Waals surface area contributed by atoms with E-state index in [-0.39, 0.29) is 0 Å². The summed E-state index contributed by atoms with van der Waals surface area (Å²) in [5.41, 5.74) is 0.491. The number of nitrogens with zero attached hydrogens (tertiary/aromatic N) is 1. The molecule has 1 rings (SSSR count). The lowest BCUT2D eigenvalue weighted by Gasteiger charge is -2.43. The molecule has 0 amide bonds. The van der Waals surface area contributed by atoms with Gasteiger partial charge < -0.3 is 5.32 Å². The van der Waals surface area contributed by atoms with Gasteiger partial charge in [0.2, 0.25) is 0 Å². The molecule has 2 atom stereocenters. The van der Waals surface area contributed by atoms with Crippen molar-refractivity contribution in [3.8, 4) is 0 Å². The van der Waals surface area contributed by atoms with Gasteiger partial charge in [-0.15, -0.1) is 13.2 Å². The fourth-order valence-corrected chi connectivity index (χ4v) is 3.38. The summed E-state index contributed by atoms with van der Waals surface area (Å²) in [6, 6.07) is 0.676. The van der Waals surface area contributed by atoms with Crippen molar-refractivity contribution in [2.24, 2.45) is 11.3 Å². The Morgan fingerprint density at radius 1 is 1.26 bits per heavy atom. The molecule has 1 aliphatic carbocycles. The van der Waals surface area contributed by atoms with Crippen molar-refractivity contribution in [1.29, 1.82) is 0 Å². The van der Waals surface area contributed by atoms with Crippen LogP contribution in [0.3, 0.4) is 0 Å². The van der Waals surface area contributed by atoms with Crippen LogP contribution in [0.2, 0.25) is 0 Å². The smallest absolute Gasteiger partial charge is 0.0164 e. The third-order valence-corrected chi connectivity index (χ3v) is 4.25. The summed E-state index contributed by atoms with van der Waals surface area (Å²) in [5, 5.41) is 3.68.